The van der Waals surface area contributed by atoms with E-state index in [1.807, 2.05) is 0 Å². The Labute approximate surface area is 153 Å². The second-order valence-corrected chi connectivity index (χ2v) is 6.43. The SMILES string of the molecule is CC(C)(C(=O)Nc1cnn(Cc2ccccc2F)c1)n1cc([N+](=O)[O-])cn1. The monoisotopic (exact) mass is 372 g/mol. The van der Waals surface area contributed by atoms with E-state index in [-0.39, 0.29) is 18.0 Å². The fourth-order valence-electron chi connectivity index (χ4n) is 2.42. The smallest absolute Gasteiger partial charge is 0.307 e. The first-order chi connectivity index (χ1) is 12.8. The first-order valence-electron chi connectivity index (χ1n) is 8.04. The van der Waals surface area contributed by atoms with E-state index in [0.29, 0.717) is 11.3 Å². The molecular formula is C17H17FN6O3. The van der Waals surface area contributed by atoms with E-state index in [9.17, 15) is 19.3 Å². The number of hydrogen-bond acceptors (Lipinski definition) is 5. The fraction of sp³-hybridized carbons (Fsp3) is 0.235. The second-order valence-electron chi connectivity index (χ2n) is 6.43. The maximum atomic E-state index is 13.7. The molecule has 0 aliphatic rings. The summed E-state index contributed by atoms with van der Waals surface area (Å²) in [6.45, 7) is 3.39. The molecule has 0 bridgehead atoms. The van der Waals surface area contributed by atoms with Gasteiger partial charge >= 0.3 is 5.69 Å². The van der Waals surface area contributed by atoms with Gasteiger partial charge in [0.1, 0.15) is 23.7 Å². The number of anilines is 1. The first-order valence-corrected chi connectivity index (χ1v) is 8.04. The van der Waals surface area contributed by atoms with Crippen LogP contribution in [-0.4, -0.2) is 30.4 Å². The zero-order valence-electron chi connectivity index (χ0n) is 14.7. The Kier molecular flexibility index (Phi) is 4.72. The van der Waals surface area contributed by atoms with Gasteiger partial charge in [-0.05, 0) is 19.9 Å². The molecule has 0 saturated carbocycles. The lowest BCUT2D eigenvalue weighted by molar-refractivity contribution is -0.385. The van der Waals surface area contributed by atoms with Crippen LogP contribution < -0.4 is 5.32 Å². The molecule has 0 fully saturated rings. The molecule has 0 aliphatic heterocycles. The van der Waals surface area contributed by atoms with Gasteiger partial charge in [0, 0.05) is 11.8 Å². The Morgan fingerprint density at radius 1 is 1.26 bits per heavy atom. The van der Waals surface area contributed by atoms with Crippen molar-refractivity contribution in [2.24, 2.45) is 0 Å². The lowest BCUT2D eigenvalue weighted by Gasteiger charge is -2.23. The van der Waals surface area contributed by atoms with Gasteiger partial charge in [-0.2, -0.15) is 10.2 Å². The van der Waals surface area contributed by atoms with Gasteiger partial charge in [0.2, 0.25) is 0 Å². The number of benzene rings is 1. The number of aromatic nitrogens is 4. The van der Waals surface area contributed by atoms with Gasteiger partial charge in [0.15, 0.2) is 0 Å². The third kappa shape index (κ3) is 3.84. The van der Waals surface area contributed by atoms with Crippen molar-refractivity contribution in [2.75, 3.05) is 5.32 Å². The molecule has 1 N–H and O–H groups in total. The van der Waals surface area contributed by atoms with Crippen LogP contribution in [0.25, 0.3) is 0 Å². The summed E-state index contributed by atoms with van der Waals surface area (Å²) in [7, 11) is 0. The van der Waals surface area contributed by atoms with E-state index >= 15 is 0 Å². The summed E-state index contributed by atoms with van der Waals surface area (Å²) in [5.74, 6) is -0.758. The Morgan fingerprint density at radius 3 is 2.67 bits per heavy atom. The first kappa shape index (κ1) is 18.2. The summed E-state index contributed by atoms with van der Waals surface area (Å²) in [5, 5.41) is 21.5. The van der Waals surface area contributed by atoms with Crippen LogP contribution in [-0.2, 0) is 16.9 Å². The van der Waals surface area contributed by atoms with Gasteiger partial charge in [-0.1, -0.05) is 18.2 Å². The van der Waals surface area contributed by atoms with Gasteiger partial charge in [-0.3, -0.25) is 24.3 Å². The van der Waals surface area contributed by atoms with Gasteiger partial charge in [-0.15, -0.1) is 0 Å². The lowest BCUT2D eigenvalue weighted by atomic mass is 10.1. The molecule has 27 heavy (non-hydrogen) atoms. The highest BCUT2D eigenvalue weighted by Crippen LogP contribution is 2.21. The van der Waals surface area contributed by atoms with E-state index < -0.39 is 16.4 Å². The van der Waals surface area contributed by atoms with Crippen LogP contribution in [0.5, 0.6) is 0 Å². The highest BCUT2D eigenvalue weighted by Gasteiger charge is 2.32. The van der Waals surface area contributed by atoms with Crippen molar-refractivity contribution in [3.63, 3.8) is 0 Å². The van der Waals surface area contributed by atoms with E-state index in [4.69, 9.17) is 0 Å². The molecule has 140 valence electrons. The summed E-state index contributed by atoms with van der Waals surface area (Å²) in [6, 6.07) is 6.36. The van der Waals surface area contributed by atoms with Crippen LogP contribution in [0.2, 0.25) is 0 Å². The molecule has 2 heterocycles. The van der Waals surface area contributed by atoms with Crippen LogP contribution in [0.1, 0.15) is 19.4 Å². The van der Waals surface area contributed by atoms with Gasteiger partial charge in [0.05, 0.1) is 23.4 Å². The predicted octanol–water partition coefficient (Wildman–Crippen LogP) is 2.55. The van der Waals surface area contributed by atoms with Gasteiger partial charge in [-0.25, -0.2) is 4.39 Å². The van der Waals surface area contributed by atoms with Crippen molar-refractivity contribution in [3.05, 3.63) is 70.5 Å². The normalized spacial score (nSPS) is 11.4. The fourth-order valence-corrected chi connectivity index (χ4v) is 2.42. The van der Waals surface area contributed by atoms with E-state index in [2.05, 4.69) is 15.5 Å². The molecule has 1 amide bonds. The molecule has 2 aromatic heterocycles. The summed E-state index contributed by atoms with van der Waals surface area (Å²) in [6.07, 6.45) is 5.30. The number of nitrogens with one attached hydrogen (secondary N) is 1. The summed E-state index contributed by atoms with van der Waals surface area (Å²) < 4.78 is 16.5. The Balaban J connectivity index is 1.71. The number of nitro groups is 1. The Bertz CT molecular complexity index is 994. The van der Waals surface area contributed by atoms with Gasteiger partial charge in [0.25, 0.3) is 5.91 Å². The third-order valence-electron chi connectivity index (χ3n) is 4.09. The topological polar surface area (TPSA) is 108 Å². The van der Waals surface area contributed by atoms with Crippen molar-refractivity contribution in [2.45, 2.75) is 25.9 Å². The molecular weight excluding hydrogens is 355 g/mol. The van der Waals surface area contributed by atoms with Crippen molar-refractivity contribution in [1.82, 2.24) is 19.6 Å². The van der Waals surface area contributed by atoms with Crippen LogP contribution in [0.4, 0.5) is 15.8 Å². The molecule has 0 aliphatic carbocycles. The van der Waals surface area contributed by atoms with E-state index in [0.717, 1.165) is 6.20 Å². The van der Waals surface area contributed by atoms with Crippen molar-refractivity contribution >= 4 is 17.3 Å². The minimum atomic E-state index is -1.16. The quantitative estimate of drug-likeness (QED) is 0.528. The molecule has 1 aromatic carbocycles. The highest BCUT2D eigenvalue weighted by atomic mass is 19.1. The van der Waals surface area contributed by atoms with Crippen LogP contribution in [0.15, 0.2) is 49.1 Å². The summed E-state index contributed by atoms with van der Waals surface area (Å²) >= 11 is 0. The number of hydrogen-bond donors (Lipinski definition) is 1. The molecule has 0 unspecified atom stereocenters. The maximum Gasteiger partial charge on any atom is 0.307 e. The third-order valence-corrected chi connectivity index (χ3v) is 4.09. The standard InChI is InChI=1S/C17H17FN6O3/c1-17(2,23-11-14(8-20-23)24(26)27)16(25)21-13-7-19-22(10-13)9-12-5-3-4-6-15(12)18/h3-8,10-11H,9H2,1-2H3,(H,21,25). The number of amides is 1. The molecule has 10 heteroatoms. The number of rotatable bonds is 6. The molecule has 0 saturated heterocycles. The van der Waals surface area contributed by atoms with Crippen LogP contribution in [0.3, 0.4) is 0 Å². The summed E-state index contributed by atoms with van der Waals surface area (Å²) in [4.78, 5) is 22.8. The van der Waals surface area contributed by atoms with Gasteiger partial charge < -0.3 is 5.32 Å². The predicted molar refractivity (Wildman–Crippen MR) is 94.6 cm³/mol. The largest absolute Gasteiger partial charge is 0.321 e. The number of carbonyl (C=O) groups excluding carboxylic acids is 1. The number of carbonyl (C=O) groups is 1. The molecule has 3 rings (SSSR count). The highest BCUT2D eigenvalue weighted by molar-refractivity contribution is 5.95. The molecule has 9 nitrogen and oxygen atoms in total. The maximum absolute atomic E-state index is 13.7. The average Bonchev–Trinajstić information content (AvgIpc) is 3.27. The van der Waals surface area contributed by atoms with Crippen LogP contribution >= 0.6 is 0 Å². The van der Waals surface area contributed by atoms with E-state index in [1.54, 1.807) is 38.2 Å². The van der Waals surface area contributed by atoms with Crippen LogP contribution in [0, 0.1) is 15.9 Å². The second kappa shape index (κ2) is 6.98. The molecule has 0 radical (unpaired) electrons. The molecule has 3 aromatic rings. The van der Waals surface area contributed by atoms with Crippen molar-refractivity contribution in [3.8, 4) is 0 Å². The minimum absolute atomic E-state index is 0.200. The van der Waals surface area contributed by atoms with Crippen molar-refractivity contribution < 1.29 is 14.1 Å². The Morgan fingerprint density at radius 2 is 2.00 bits per heavy atom. The lowest BCUT2D eigenvalue weighted by Crippen LogP contribution is -2.40. The summed E-state index contributed by atoms with van der Waals surface area (Å²) in [5.41, 5.74) is -0.468. The Hall–Kier alpha value is -3.56. The molecule has 0 atom stereocenters. The molecule has 0 spiro atoms. The zero-order chi connectivity index (χ0) is 19.6. The number of halogens is 1. The van der Waals surface area contributed by atoms with Crippen molar-refractivity contribution in [1.29, 1.82) is 0 Å². The van der Waals surface area contributed by atoms with E-state index in [1.165, 1.54) is 27.8 Å². The average molecular weight is 372 g/mol. The minimum Gasteiger partial charge on any atom is -0.321 e. The number of nitrogens with zero attached hydrogens (tertiary/aromatic N) is 5. The zero-order valence-corrected chi connectivity index (χ0v) is 14.7.